The summed E-state index contributed by atoms with van der Waals surface area (Å²) in [4.78, 5) is 18.8. The van der Waals surface area contributed by atoms with Crippen LogP contribution >= 0.6 is 0 Å². The molecule has 1 aliphatic rings. The fraction of sp³-hybridized carbons (Fsp3) is 0.440. The van der Waals surface area contributed by atoms with E-state index in [4.69, 9.17) is 0 Å². The molecule has 2 aromatic carbocycles. The van der Waals surface area contributed by atoms with Crippen LogP contribution in [0.2, 0.25) is 0 Å². The summed E-state index contributed by atoms with van der Waals surface area (Å²) >= 11 is 0. The number of hydrogen-bond acceptors (Lipinski definition) is 3. The van der Waals surface area contributed by atoms with E-state index in [9.17, 15) is 4.79 Å². The van der Waals surface area contributed by atoms with E-state index in [2.05, 4.69) is 56.2 Å². The van der Waals surface area contributed by atoms with E-state index in [0.717, 1.165) is 43.3 Å². The molecule has 1 saturated heterocycles. The summed E-state index contributed by atoms with van der Waals surface area (Å²) in [6.07, 6.45) is 3.83. The second-order valence-corrected chi connectivity index (χ2v) is 8.06. The van der Waals surface area contributed by atoms with Crippen LogP contribution in [0.25, 0.3) is 0 Å². The highest BCUT2D eigenvalue weighted by Crippen LogP contribution is 2.19. The maximum absolute atomic E-state index is 11.8. The van der Waals surface area contributed by atoms with Gasteiger partial charge >= 0.3 is 0 Å². The lowest BCUT2D eigenvalue weighted by molar-refractivity contribution is -0.116. The minimum atomic E-state index is 0.0571. The second kappa shape index (κ2) is 12.1. The van der Waals surface area contributed by atoms with Gasteiger partial charge in [-0.2, -0.15) is 0 Å². The summed E-state index contributed by atoms with van der Waals surface area (Å²) < 4.78 is 0. The molecule has 0 spiro atoms. The molecule has 1 aliphatic heterocycles. The molecule has 3 rings (SSSR count). The van der Waals surface area contributed by atoms with Crippen LogP contribution in [0.4, 0.5) is 5.69 Å². The number of amides is 1. The molecule has 31 heavy (non-hydrogen) atoms. The van der Waals surface area contributed by atoms with E-state index < -0.39 is 0 Å². The van der Waals surface area contributed by atoms with Crippen LogP contribution in [0.5, 0.6) is 0 Å². The number of rotatable bonds is 9. The van der Waals surface area contributed by atoms with Crippen molar-refractivity contribution in [3.8, 4) is 0 Å². The van der Waals surface area contributed by atoms with Crippen LogP contribution in [0.1, 0.15) is 43.7 Å². The molecule has 1 unspecified atom stereocenters. The molecule has 0 bridgehead atoms. The fourth-order valence-corrected chi connectivity index (χ4v) is 3.98. The molecule has 0 aliphatic carbocycles. The Bertz CT molecular complexity index is 852. The Hall–Kier alpha value is -2.86. The minimum Gasteiger partial charge on any atom is -0.355 e. The Balaban J connectivity index is 1.47. The molecule has 6 heteroatoms. The third kappa shape index (κ3) is 7.40. The standard InChI is InChI=1S/C25H35N5O/c1-3-9-24(31)29-22-13-7-12-21(16-22)17-27-25(26-2)28-18-23-14-8-15-30(23)19-20-10-5-4-6-11-20/h4-7,10-13,16,23H,3,8-9,14-15,17-19H2,1-2H3,(H,29,31)(H2,26,27,28). The van der Waals surface area contributed by atoms with Gasteiger partial charge in [0.25, 0.3) is 0 Å². The molecule has 1 heterocycles. The molecule has 1 fully saturated rings. The monoisotopic (exact) mass is 421 g/mol. The van der Waals surface area contributed by atoms with Crippen molar-refractivity contribution in [2.45, 2.75) is 51.7 Å². The third-order valence-electron chi connectivity index (χ3n) is 5.60. The lowest BCUT2D eigenvalue weighted by Gasteiger charge is -2.25. The van der Waals surface area contributed by atoms with Gasteiger partial charge in [0.05, 0.1) is 0 Å². The minimum absolute atomic E-state index is 0.0571. The number of nitrogens with zero attached hydrogens (tertiary/aromatic N) is 2. The number of likely N-dealkylation sites (tertiary alicyclic amines) is 1. The molecule has 166 valence electrons. The highest BCUT2D eigenvalue weighted by Gasteiger charge is 2.24. The number of guanidine groups is 1. The summed E-state index contributed by atoms with van der Waals surface area (Å²) in [7, 11) is 1.80. The molecule has 2 aromatic rings. The number of carbonyl (C=O) groups is 1. The van der Waals surface area contributed by atoms with Gasteiger partial charge in [-0.05, 0) is 49.1 Å². The van der Waals surface area contributed by atoms with E-state index in [1.54, 1.807) is 7.05 Å². The van der Waals surface area contributed by atoms with Gasteiger partial charge < -0.3 is 16.0 Å². The largest absolute Gasteiger partial charge is 0.355 e. The van der Waals surface area contributed by atoms with Crippen LogP contribution in [0, 0.1) is 0 Å². The van der Waals surface area contributed by atoms with Crippen molar-refractivity contribution < 1.29 is 4.79 Å². The molecular formula is C25H35N5O. The summed E-state index contributed by atoms with van der Waals surface area (Å²) in [5.41, 5.74) is 3.30. The number of benzene rings is 2. The number of carbonyl (C=O) groups excluding carboxylic acids is 1. The molecule has 0 aromatic heterocycles. The summed E-state index contributed by atoms with van der Waals surface area (Å²) in [5, 5.41) is 9.83. The van der Waals surface area contributed by atoms with Crippen molar-refractivity contribution >= 4 is 17.6 Å². The number of nitrogens with one attached hydrogen (secondary N) is 3. The first-order valence-electron chi connectivity index (χ1n) is 11.3. The predicted molar refractivity (Wildman–Crippen MR) is 128 cm³/mol. The van der Waals surface area contributed by atoms with E-state index in [0.29, 0.717) is 19.0 Å². The van der Waals surface area contributed by atoms with Gasteiger partial charge in [-0.1, -0.05) is 49.4 Å². The highest BCUT2D eigenvalue weighted by molar-refractivity contribution is 5.90. The molecule has 1 atom stereocenters. The molecule has 1 amide bonds. The Morgan fingerprint density at radius 1 is 1.10 bits per heavy atom. The van der Waals surface area contributed by atoms with Gasteiger partial charge in [-0.3, -0.25) is 14.7 Å². The zero-order valence-corrected chi connectivity index (χ0v) is 18.7. The zero-order chi connectivity index (χ0) is 21.9. The van der Waals surface area contributed by atoms with Crippen LogP contribution in [-0.2, 0) is 17.9 Å². The quantitative estimate of drug-likeness (QED) is 0.426. The predicted octanol–water partition coefficient (Wildman–Crippen LogP) is 3.75. The zero-order valence-electron chi connectivity index (χ0n) is 18.7. The lowest BCUT2D eigenvalue weighted by atomic mass is 10.2. The molecule has 0 saturated carbocycles. The van der Waals surface area contributed by atoms with Crippen molar-refractivity contribution in [3.05, 3.63) is 65.7 Å². The SMILES string of the molecule is CCCC(=O)Nc1cccc(CNC(=NC)NCC2CCCN2Cc2ccccc2)c1. The first kappa shape index (κ1) is 22.8. The van der Waals surface area contributed by atoms with Crippen molar-refractivity contribution in [2.24, 2.45) is 4.99 Å². The van der Waals surface area contributed by atoms with Gasteiger partial charge in [0.2, 0.25) is 5.91 Å². The first-order chi connectivity index (χ1) is 15.2. The van der Waals surface area contributed by atoms with E-state index in [-0.39, 0.29) is 5.91 Å². The van der Waals surface area contributed by atoms with Crippen molar-refractivity contribution in [3.63, 3.8) is 0 Å². The normalized spacial score (nSPS) is 16.8. The lowest BCUT2D eigenvalue weighted by Crippen LogP contribution is -2.44. The molecule has 6 nitrogen and oxygen atoms in total. The Morgan fingerprint density at radius 3 is 2.68 bits per heavy atom. The number of aliphatic imine (C=N–C) groups is 1. The third-order valence-corrected chi connectivity index (χ3v) is 5.60. The van der Waals surface area contributed by atoms with Gasteiger partial charge in [0.1, 0.15) is 0 Å². The summed E-state index contributed by atoms with van der Waals surface area (Å²) in [5.74, 6) is 0.855. The molecule has 0 radical (unpaired) electrons. The average molecular weight is 422 g/mol. The number of hydrogen-bond donors (Lipinski definition) is 3. The van der Waals surface area contributed by atoms with Crippen molar-refractivity contribution in [1.82, 2.24) is 15.5 Å². The molecule has 3 N–H and O–H groups in total. The van der Waals surface area contributed by atoms with Gasteiger partial charge in [0, 0.05) is 44.8 Å². The maximum atomic E-state index is 11.8. The van der Waals surface area contributed by atoms with Crippen LogP contribution in [0.3, 0.4) is 0 Å². The topological polar surface area (TPSA) is 68.8 Å². The van der Waals surface area contributed by atoms with Crippen molar-refractivity contribution in [1.29, 1.82) is 0 Å². The Labute approximate surface area is 186 Å². The van der Waals surface area contributed by atoms with E-state index >= 15 is 0 Å². The fourth-order valence-electron chi connectivity index (χ4n) is 3.98. The Morgan fingerprint density at radius 2 is 1.90 bits per heavy atom. The van der Waals surface area contributed by atoms with Crippen LogP contribution < -0.4 is 16.0 Å². The summed E-state index contributed by atoms with van der Waals surface area (Å²) in [6, 6.07) is 19.1. The number of anilines is 1. The Kier molecular flexibility index (Phi) is 8.91. The van der Waals surface area contributed by atoms with Gasteiger partial charge in [-0.15, -0.1) is 0 Å². The van der Waals surface area contributed by atoms with E-state index in [1.807, 2.05) is 31.2 Å². The maximum Gasteiger partial charge on any atom is 0.224 e. The second-order valence-electron chi connectivity index (χ2n) is 8.06. The highest BCUT2D eigenvalue weighted by atomic mass is 16.1. The van der Waals surface area contributed by atoms with Crippen LogP contribution in [-0.4, -0.2) is 42.9 Å². The van der Waals surface area contributed by atoms with Gasteiger partial charge in [0.15, 0.2) is 5.96 Å². The van der Waals surface area contributed by atoms with Crippen molar-refractivity contribution in [2.75, 3.05) is 25.5 Å². The molecular weight excluding hydrogens is 386 g/mol. The van der Waals surface area contributed by atoms with Crippen LogP contribution in [0.15, 0.2) is 59.6 Å². The van der Waals surface area contributed by atoms with E-state index in [1.165, 1.54) is 18.4 Å². The smallest absolute Gasteiger partial charge is 0.224 e. The summed E-state index contributed by atoms with van der Waals surface area (Å²) in [6.45, 7) is 5.67. The first-order valence-corrected chi connectivity index (χ1v) is 11.3. The average Bonchev–Trinajstić information content (AvgIpc) is 3.22. The van der Waals surface area contributed by atoms with Gasteiger partial charge in [-0.25, -0.2) is 0 Å².